The van der Waals surface area contributed by atoms with Gasteiger partial charge in [0.2, 0.25) is 0 Å². The number of methoxy groups -OCH3 is 1. The molecule has 0 fully saturated rings. The third-order valence-electron chi connectivity index (χ3n) is 3.73. The standard InChI is InChI=1S/C20H21ClN2O6/c1-4-28-20(26)22-14-7-5-13(6-8-14)19(25)29-11-18(24)23-16-9-12(2)15(21)10-17(16)27-3/h5-10H,4,11H2,1-3H3,(H,22,26)(H,23,24). The van der Waals surface area contributed by atoms with Gasteiger partial charge < -0.3 is 19.5 Å². The highest BCUT2D eigenvalue weighted by atomic mass is 35.5. The Kier molecular flexibility index (Phi) is 7.85. The summed E-state index contributed by atoms with van der Waals surface area (Å²) in [5, 5.41) is 5.63. The molecular formula is C20H21ClN2O6. The van der Waals surface area contributed by atoms with E-state index in [2.05, 4.69) is 10.6 Å². The maximum atomic E-state index is 12.1. The molecule has 154 valence electrons. The van der Waals surface area contributed by atoms with Crippen LogP contribution in [0.15, 0.2) is 36.4 Å². The van der Waals surface area contributed by atoms with Crippen LogP contribution in [0.3, 0.4) is 0 Å². The Morgan fingerprint density at radius 3 is 2.34 bits per heavy atom. The topological polar surface area (TPSA) is 103 Å². The Balaban J connectivity index is 1.91. The largest absolute Gasteiger partial charge is 0.495 e. The van der Waals surface area contributed by atoms with Gasteiger partial charge in [-0.2, -0.15) is 0 Å². The summed E-state index contributed by atoms with van der Waals surface area (Å²) in [7, 11) is 1.46. The molecule has 0 atom stereocenters. The van der Waals surface area contributed by atoms with E-state index < -0.39 is 24.6 Å². The van der Waals surface area contributed by atoms with Gasteiger partial charge in [0.25, 0.3) is 5.91 Å². The molecule has 2 aromatic carbocycles. The van der Waals surface area contributed by atoms with Crippen molar-refractivity contribution in [3.63, 3.8) is 0 Å². The van der Waals surface area contributed by atoms with E-state index in [1.165, 1.54) is 31.4 Å². The summed E-state index contributed by atoms with van der Waals surface area (Å²) in [6.07, 6.45) is -0.590. The Morgan fingerprint density at radius 1 is 1.03 bits per heavy atom. The van der Waals surface area contributed by atoms with Crippen LogP contribution in [0.1, 0.15) is 22.8 Å². The monoisotopic (exact) mass is 420 g/mol. The Morgan fingerprint density at radius 2 is 1.72 bits per heavy atom. The molecule has 9 heteroatoms. The molecule has 0 aliphatic carbocycles. The summed E-state index contributed by atoms with van der Waals surface area (Å²) < 4.78 is 15.0. The van der Waals surface area contributed by atoms with E-state index in [1.54, 1.807) is 26.0 Å². The molecule has 0 unspecified atom stereocenters. The van der Waals surface area contributed by atoms with Crippen molar-refractivity contribution < 1.29 is 28.6 Å². The number of anilines is 2. The molecule has 29 heavy (non-hydrogen) atoms. The van der Waals surface area contributed by atoms with Gasteiger partial charge in [-0.3, -0.25) is 10.1 Å². The number of benzene rings is 2. The van der Waals surface area contributed by atoms with Gasteiger partial charge in [0.1, 0.15) is 5.75 Å². The highest BCUT2D eigenvalue weighted by Crippen LogP contribution is 2.30. The van der Waals surface area contributed by atoms with E-state index in [0.717, 1.165) is 5.56 Å². The highest BCUT2D eigenvalue weighted by Gasteiger charge is 2.14. The number of hydrogen-bond donors (Lipinski definition) is 2. The van der Waals surface area contributed by atoms with Gasteiger partial charge in [0.15, 0.2) is 6.61 Å². The zero-order valence-electron chi connectivity index (χ0n) is 16.2. The molecule has 0 spiro atoms. The highest BCUT2D eigenvalue weighted by molar-refractivity contribution is 6.31. The van der Waals surface area contributed by atoms with Crippen molar-refractivity contribution in [2.75, 3.05) is 31.0 Å². The number of hydrogen-bond acceptors (Lipinski definition) is 6. The first-order valence-corrected chi connectivity index (χ1v) is 9.06. The molecule has 2 N–H and O–H groups in total. The second-order valence-electron chi connectivity index (χ2n) is 5.85. The fourth-order valence-corrected chi connectivity index (χ4v) is 2.46. The summed E-state index contributed by atoms with van der Waals surface area (Å²) in [4.78, 5) is 35.6. The number of carbonyl (C=O) groups is 3. The molecule has 8 nitrogen and oxygen atoms in total. The van der Waals surface area contributed by atoms with Crippen LogP contribution in [0, 0.1) is 6.92 Å². The van der Waals surface area contributed by atoms with Crippen LogP contribution in [-0.4, -0.2) is 38.3 Å². The SMILES string of the molecule is CCOC(=O)Nc1ccc(C(=O)OCC(=O)Nc2cc(C)c(Cl)cc2OC)cc1. The van der Waals surface area contributed by atoms with Crippen LogP contribution in [0.5, 0.6) is 5.75 Å². The number of esters is 1. The first-order chi connectivity index (χ1) is 13.8. The molecule has 0 saturated heterocycles. The smallest absolute Gasteiger partial charge is 0.411 e. The number of rotatable bonds is 7. The van der Waals surface area contributed by atoms with Crippen LogP contribution in [0.4, 0.5) is 16.2 Å². The number of aryl methyl sites for hydroxylation is 1. The van der Waals surface area contributed by atoms with Gasteiger partial charge in [-0.1, -0.05) is 11.6 Å². The van der Waals surface area contributed by atoms with E-state index in [0.29, 0.717) is 22.1 Å². The van der Waals surface area contributed by atoms with Crippen molar-refractivity contribution in [2.45, 2.75) is 13.8 Å². The molecule has 0 aliphatic heterocycles. The van der Waals surface area contributed by atoms with E-state index in [9.17, 15) is 14.4 Å². The fourth-order valence-electron chi connectivity index (χ4n) is 2.31. The van der Waals surface area contributed by atoms with Gasteiger partial charge in [-0.05, 0) is 49.7 Å². The number of halogens is 1. The lowest BCUT2D eigenvalue weighted by Crippen LogP contribution is -2.21. The third-order valence-corrected chi connectivity index (χ3v) is 4.14. The number of ether oxygens (including phenoxy) is 3. The molecule has 0 heterocycles. The van der Waals surface area contributed by atoms with Gasteiger partial charge in [0, 0.05) is 16.8 Å². The zero-order valence-corrected chi connectivity index (χ0v) is 17.0. The second kappa shape index (κ2) is 10.3. The van der Waals surface area contributed by atoms with Crippen molar-refractivity contribution in [1.29, 1.82) is 0 Å². The fraction of sp³-hybridized carbons (Fsp3) is 0.250. The van der Waals surface area contributed by atoms with Gasteiger partial charge in [0.05, 0.1) is 25.0 Å². The number of carbonyl (C=O) groups excluding carboxylic acids is 3. The number of amides is 2. The molecule has 0 aromatic heterocycles. The summed E-state index contributed by atoms with van der Waals surface area (Å²) in [6.45, 7) is 3.25. The minimum atomic E-state index is -0.679. The minimum Gasteiger partial charge on any atom is -0.495 e. The van der Waals surface area contributed by atoms with Crippen LogP contribution in [0.25, 0.3) is 0 Å². The van der Waals surface area contributed by atoms with Crippen LogP contribution >= 0.6 is 11.6 Å². The molecule has 0 radical (unpaired) electrons. The summed E-state index contributed by atoms with van der Waals surface area (Å²) in [5.41, 5.74) is 1.87. The maximum absolute atomic E-state index is 12.1. The molecular weight excluding hydrogens is 400 g/mol. The second-order valence-corrected chi connectivity index (χ2v) is 6.26. The minimum absolute atomic E-state index is 0.229. The van der Waals surface area contributed by atoms with E-state index in [1.807, 2.05) is 0 Å². The molecule has 0 saturated carbocycles. The third kappa shape index (κ3) is 6.39. The summed E-state index contributed by atoms with van der Waals surface area (Å²) in [5.74, 6) is -0.814. The molecule has 2 rings (SSSR count). The number of nitrogens with one attached hydrogen (secondary N) is 2. The Bertz CT molecular complexity index is 899. The summed E-state index contributed by atoms with van der Waals surface area (Å²) in [6, 6.07) is 9.23. The van der Waals surface area contributed by atoms with Crippen molar-refractivity contribution in [3.8, 4) is 5.75 Å². The summed E-state index contributed by atoms with van der Waals surface area (Å²) >= 11 is 6.03. The maximum Gasteiger partial charge on any atom is 0.411 e. The van der Waals surface area contributed by atoms with Crippen molar-refractivity contribution in [2.24, 2.45) is 0 Å². The lowest BCUT2D eigenvalue weighted by molar-refractivity contribution is -0.119. The lowest BCUT2D eigenvalue weighted by atomic mass is 10.2. The Hall–Kier alpha value is -3.26. The zero-order chi connectivity index (χ0) is 21.4. The first-order valence-electron chi connectivity index (χ1n) is 8.69. The normalized spacial score (nSPS) is 10.1. The Labute approximate surface area is 173 Å². The lowest BCUT2D eigenvalue weighted by Gasteiger charge is -2.12. The van der Waals surface area contributed by atoms with E-state index in [4.69, 9.17) is 25.8 Å². The van der Waals surface area contributed by atoms with Crippen LogP contribution < -0.4 is 15.4 Å². The average Bonchev–Trinajstić information content (AvgIpc) is 2.69. The van der Waals surface area contributed by atoms with Crippen LogP contribution in [-0.2, 0) is 14.3 Å². The van der Waals surface area contributed by atoms with E-state index >= 15 is 0 Å². The predicted molar refractivity (Wildman–Crippen MR) is 109 cm³/mol. The molecule has 2 amide bonds. The van der Waals surface area contributed by atoms with Crippen molar-refractivity contribution in [1.82, 2.24) is 0 Å². The van der Waals surface area contributed by atoms with Gasteiger partial charge >= 0.3 is 12.1 Å². The van der Waals surface area contributed by atoms with Gasteiger partial charge in [-0.15, -0.1) is 0 Å². The molecule has 0 aliphatic rings. The average molecular weight is 421 g/mol. The predicted octanol–water partition coefficient (Wildman–Crippen LogP) is 4.02. The van der Waals surface area contributed by atoms with Crippen LogP contribution in [0.2, 0.25) is 5.02 Å². The van der Waals surface area contributed by atoms with Crippen molar-refractivity contribution in [3.05, 3.63) is 52.5 Å². The quantitative estimate of drug-likeness (QED) is 0.656. The van der Waals surface area contributed by atoms with E-state index in [-0.39, 0.29) is 12.2 Å². The van der Waals surface area contributed by atoms with Crippen molar-refractivity contribution >= 4 is 40.9 Å². The first kappa shape index (κ1) is 22.0. The van der Waals surface area contributed by atoms with Gasteiger partial charge in [-0.25, -0.2) is 9.59 Å². The molecule has 0 bridgehead atoms. The molecule has 2 aromatic rings.